The summed E-state index contributed by atoms with van der Waals surface area (Å²) in [5.74, 6) is 0.461. The molecule has 0 spiro atoms. The molecule has 7 heteroatoms. The van der Waals surface area contributed by atoms with Gasteiger partial charge in [-0.2, -0.15) is 0 Å². The first-order valence-electron chi connectivity index (χ1n) is 10.2. The molecule has 0 aliphatic heterocycles. The van der Waals surface area contributed by atoms with Crippen molar-refractivity contribution in [2.75, 3.05) is 7.11 Å². The third-order valence-corrected chi connectivity index (χ3v) is 6.96. The molecule has 0 unspecified atom stereocenters. The Balaban J connectivity index is 1.53. The molecule has 3 aromatic carbocycles. The van der Waals surface area contributed by atoms with Gasteiger partial charge in [0.25, 0.3) is 0 Å². The number of carbonyl (C=O) groups excluding carboxylic acids is 1. The summed E-state index contributed by atoms with van der Waals surface area (Å²) in [6, 6.07) is 23.8. The van der Waals surface area contributed by atoms with Crippen LogP contribution in [0.3, 0.4) is 0 Å². The summed E-state index contributed by atoms with van der Waals surface area (Å²) in [7, 11) is -1.98. The average molecular weight is 449 g/mol. The Morgan fingerprint density at radius 3 is 2.31 bits per heavy atom. The molecular weight excluding hydrogens is 424 g/mol. The number of fused-ring (bicyclic) bond motifs is 1. The lowest BCUT2D eigenvalue weighted by atomic mass is 10.2. The Hall–Kier alpha value is -3.58. The number of amides is 1. The molecule has 0 saturated heterocycles. The fourth-order valence-electron chi connectivity index (χ4n) is 3.62. The molecular formula is C25H24N2O4S. The van der Waals surface area contributed by atoms with Crippen LogP contribution in [0.15, 0.2) is 90.0 Å². The largest absolute Gasteiger partial charge is 0.497 e. The number of aromatic nitrogens is 1. The number of carbonyl (C=O) groups is 1. The summed E-state index contributed by atoms with van der Waals surface area (Å²) < 4.78 is 33.1. The van der Waals surface area contributed by atoms with Crippen LogP contribution in [0.5, 0.6) is 5.75 Å². The van der Waals surface area contributed by atoms with Crippen molar-refractivity contribution in [2.45, 2.75) is 23.7 Å². The van der Waals surface area contributed by atoms with Crippen molar-refractivity contribution in [1.29, 1.82) is 0 Å². The molecule has 32 heavy (non-hydrogen) atoms. The third kappa shape index (κ3) is 4.84. The van der Waals surface area contributed by atoms with Crippen LogP contribution in [0, 0.1) is 0 Å². The normalized spacial score (nSPS) is 11.4. The second-order valence-corrected chi connectivity index (χ2v) is 9.47. The van der Waals surface area contributed by atoms with Crippen molar-refractivity contribution in [1.82, 2.24) is 9.88 Å². The predicted octanol–water partition coefficient (Wildman–Crippen LogP) is 3.94. The Morgan fingerprint density at radius 1 is 0.906 bits per heavy atom. The lowest BCUT2D eigenvalue weighted by molar-refractivity contribution is -0.121. The maximum absolute atomic E-state index is 13.2. The zero-order valence-electron chi connectivity index (χ0n) is 17.7. The van der Waals surface area contributed by atoms with Crippen LogP contribution in [0.2, 0.25) is 0 Å². The van der Waals surface area contributed by atoms with E-state index in [1.165, 1.54) is 0 Å². The van der Waals surface area contributed by atoms with E-state index in [0.717, 1.165) is 16.9 Å². The average Bonchev–Trinajstić information content (AvgIpc) is 3.18. The van der Waals surface area contributed by atoms with Gasteiger partial charge >= 0.3 is 0 Å². The van der Waals surface area contributed by atoms with Crippen LogP contribution in [0.25, 0.3) is 10.9 Å². The van der Waals surface area contributed by atoms with E-state index >= 15 is 0 Å². The minimum atomic E-state index is -3.58. The number of ether oxygens (including phenoxy) is 1. The van der Waals surface area contributed by atoms with Crippen molar-refractivity contribution in [2.24, 2.45) is 0 Å². The Labute approximate surface area is 187 Å². The molecule has 0 atom stereocenters. The van der Waals surface area contributed by atoms with Crippen molar-refractivity contribution < 1.29 is 17.9 Å². The van der Waals surface area contributed by atoms with Crippen LogP contribution in [0.1, 0.15) is 11.1 Å². The van der Waals surface area contributed by atoms with Gasteiger partial charge in [0.1, 0.15) is 12.3 Å². The summed E-state index contributed by atoms with van der Waals surface area (Å²) in [6.45, 7) is 0.402. The number of methoxy groups -OCH3 is 1. The van der Waals surface area contributed by atoms with E-state index in [9.17, 15) is 13.2 Å². The summed E-state index contributed by atoms with van der Waals surface area (Å²) in [4.78, 5) is 12.8. The lowest BCUT2D eigenvalue weighted by Crippen LogP contribution is -2.26. The van der Waals surface area contributed by atoms with Crippen molar-refractivity contribution in [3.63, 3.8) is 0 Å². The Bertz CT molecular complexity index is 1330. The van der Waals surface area contributed by atoms with Crippen molar-refractivity contribution >= 4 is 26.6 Å². The first kappa shape index (κ1) is 21.6. The molecule has 0 bridgehead atoms. The molecule has 1 aromatic heterocycles. The fourth-order valence-corrected chi connectivity index (χ4v) is 5.20. The third-order valence-electron chi connectivity index (χ3n) is 5.25. The monoisotopic (exact) mass is 448 g/mol. The van der Waals surface area contributed by atoms with Crippen molar-refractivity contribution in [3.8, 4) is 5.75 Å². The molecule has 1 amide bonds. The standard InChI is InChI=1S/C25H24N2O4S/c1-31-21-13-11-19(12-14-21)15-26-25(28)17-27-16-24(22-9-5-6-10-23(22)27)32(29,30)18-20-7-3-2-4-8-20/h2-14,16H,15,17-18H2,1H3,(H,26,28). The number of sulfone groups is 1. The lowest BCUT2D eigenvalue weighted by Gasteiger charge is -2.08. The van der Waals surface area contributed by atoms with Crippen LogP contribution >= 0.6 is 0 Å². The quantitative estimate of drug-likeness (QED) is 0.443. The van der Waals surface area contributed by atoms with Gasteiger partial charge in [-0.1, -0.05) is 60.7 Å². The van der Waals surface area contributed by atoms with E-state index in [4.69, 9.17) is 4.74 Å². The minimum absolute atomic E-state index is 0.0253. The summed E-state index contributed by atoms with van der Waals surface area (Å²) in [5.41, 5.74) is 2.38. The molecule has 0 radical (unpaired) electrons. The highest BCUT2D eigenvalue weighted by atomic mass is 32.2. The first-order chi connectivity index (χ1) is 15.5. The number of rotatable bonds is 8. The van der Waals surface area contributed by atoms with Crippen LogP contribution in [0.4, 0.5) is 0 Å². The summed E-state index contributed by atoms with van der Waals surface area (Å²) in [5, 5.41) is 3.50. The molecule has 1 heterocycles. The second-order valence-electron chi connectivity index (χ2n) is 7.51. The van der Waals surface area contributed by atoms with Gasteiger partial charge in [0.15, 0.2) is 9.84 Å². The first-order valence-corrected chi connectivity index (χ1v) is 11.9. The summed E-state index contributed by atoms with van der Waals surface area (Å²) >= 11 is 0. The van der Waals surface area contributed by atoms with Gasteiger partial charge < -0.3 is 14.6 Å². The van der Waals surface area contributed by atoms with Gasteiger partial charge in [0.2, 0.25) is 5.91 Å². The van der Waals surface area contributed by atoms with Crippen molar-refractivity contribution in [3.05, 3.63) is 96.2 Å². The Kier molecular flexibility index (Phi) is 6.28. The molecule has 6 nitrogen and oxygen atoms in total. The van der Waals surface area contributed by atoms with E-state index in [0.29, 0.717) is 17.4 Å². The molecule has 4 rings (SSSR count). The van der Waals surface area contributed by atoms with Crippen LogP contribution in [-0.2, 0) is 33.5 Å². The number of para-hydroxylation sites is 1. The zero-order valence-corrected chi connectivity index (χ0v) is 18.5. The number of hydrogen-bond acceptors (Lipinski definition) is 4. The highest BCUT2D eigenvalue weighted by molar-refractivity contribution is 7.90. The number of benzene rings is 3. The van der Waals surface area contributed by atoms with E-state index < -0.39 is 9.84 Å². The predicted molar refractivity (Wildman–Crippen MR) is 124 cm³/mol. The Morgan fingerprint density at radius 2 is 1.59 bits per heavy atom. The van der Waals surface area contributed by atoms with E-state index in [2.05, 4.69) is 5.32 Å². The zero-order chi connectivity index (χ0) is 22.6. The van der Waals surface area contributed by atoms with E-state index in [-0.39, 0.29) is 23.1 Å². The van der Waals surface area contributed by atoms with E-state index in [1.54, 1.807) is 42.1 Å². The van der Waals surface area contributed by atoms with Gasteiger partial charge in [-0.05, 0) is 29.3 Å². The number of nitrogens with zero attached hydrogens (tertiary/aromatic N) is 1. The fraction of sp³-hybridized carbons (Fsp3) is 0.160. The molecule has 0 fully saturated rings. The molecule has 0 saturated carbocycles. The smallest absolute Gasteiger partial charge is 0.240 e. The number of nitrogens with one attached hydrogen (secondary N) is 1. The second kappa shape index (κ2) is 9.28. The number of hydrogen-bond donors (Lipinski definition) is 1. The topological polar surface area (TPSA) is 77.4 Å². The highest BCUT2D eigenvalue weighted by Crippen LogP contribution is 2.28. The SMILES string of the molecule is COc1ccc(CNC(=O)Cn2cc(S(=O)(=O)Cc3ccccc3)c3ccccc32)cc1. The van der Waals surface area contributed by atoms with E-state index in [1.807, 2.05) is 54.6 Å². The molecule has 1 N–H and O–H groups in total. The van der Waals surface area contributed by atoms with Gasteiger partial charge in [0, 0.05) is 23.6 Å². The van der Waals surface area contributed by atoms with Crippen LogP contribution < -0.4 is 10.1 Å². The van der Waals surface area contributed by atoms with Gasteiger partial charge in [-0.15, -0.1) is 0 Å². The molecule has 0 aliphatic rings. The maximum atomic E-state index is 13.2. The van der Waals surface area contributed by atoms with Gasteiger partial charge in [-0.25, -0.2) is 8.42 Å². The molecule has 0 aliphatic carbocycles. The maximum Gasteiger partial charge on any atom is 0.240 e. The summed E-state index contributed by atoms with van der Waals surface area (Å²) in [6.07, 6.45) is 1.57. The molecule has 4 aromatic rings. The minimum Gasteiger partial charge on any atom is -0.497 e. The molecule has 164 valence electrons. The van der Waals surface area contributed by atoms with Crippen LogP contribution in [-0.4, -0.2) is 26.0 Å². The highest BCUT2D eigenvalue weighted by Gasteiger charge is 2.22. The van der Waals surface area contributed by atoms with Gasteiger partial charge in [0.05, 0.1) is 17.8 Å². The van der Waals surface area contributed by atoms with Gasteiger partial charge in [-0.3, -0.25) is 4.79 Å².